The van der Waals surface area contributed by atoms with Crippen molar-refractivity contribution in [2.75, 3.05) is 6.61 Å². The molecule has 9 heavy (non-hydrogen) atoms. The predicted octanol–water partition coefficient (Wildman–Crippen LogP) is 0.421. The third-order valence-electron chi connectivity index (χ3n) is 1.66. The summed E-state index contributed by atoms with van der Waals surface area (Å²) in [6.07, 6.45) is 0. The summed E-state index contributed by atoms with van der Waals surface area (Å²) < 4.78 is 0. The van der Waals surface area contributed by atoms with Crippen LogP contribution < -0.4 is 0 Å². The van der Waals surface area contributed by atoms with Crippen molar-refractivity contribution in [3.8, 4) is 0 Å². The SMILES string of the molecule is [CH2]C(O)(CO)[Si](C)(C)C. The third kappa shape index (κ3) is 2.08. The predicted molar refractivity (Wildman–Crippen MR) is 40.7 cm³/mol. The summed E-state index contributed by atoms with van der Waals surface area (Å²) in [5.41, 5.74) is 0. The van der Waals surface area contributed by atoms with E-state index in [9.17, 15) is 5.11 Å². The van der Waals surface area contributed by atoms with Crippen LogP contribution >= 0.6 is 0 Å². The highest BCUT2D eigenvalue weighted by Gasteiger charge is 2.36. The summed E-state index contributed by atoms with van der Waals surface area (Å²) in [5, 5.41) is 16.9. The molecule has 1 unspecified atom stereocenters. The van der Waals surface area contributed by atoms with Crippen LogP contribution in [0.3, 0.4) is 0 Å². The summed E-state index contributed by atoms with van der Waals surface area (Å²) in [4.78, 5) is 0. The third-order valence-corrected chi connectivity index (χ3v) is 4.61. The van der Waals surface area contributed by atoms with Crippen LogP contribution in [0.25, 0.3) is 0 Å². The van der Waals surface area contributed by atoms with Crippen molar-refractivity contribution in [1.29, 1.82) is 0 Å². The van der Waals surface area contributed by atoms with Crippen LogP contribution in [0.4, 0.5) is 0 Å². The van der Waals surface area contributed by atoms with Crippen LogP contribution in [0.2, 0.25) is 19.6 Å². The van der Waals surface area contributed by atoms with E-state index in [1.807, 2.05) is 19.6 Å². The Morgan fingerprint density at radius 3 is 1.78 bits per heavy atom. The van der Waals surface area contributed by atoms with Crippen molar-refractivity contribution in [2.45, 2.75) is 24.9 Å². The van der Waals surface area contributed by atoms with Gasteiger partial charge in [-0.3, -0.25) is 0 Å². The van der Waals surface area contributed by atoms with Gasteiger partial charge in [-0.25, -0.2) is 0 Å². The smallest absolute Gasteiger partial charge is 0.0850 e. The second-order valence-corrected chi connectivity index (χ2v) is 8.87. The van der Waals surface area contributed by atoms with Gasteiger partial charge in [0.1, 0.15) is 0 Å². The highest BCUT2D eigenvalue weighted by molar-refractivity contribution is 6.79. The van der Waals surface area contributed by atoms with Gasteiger partial charge in [0.05, 0.1) is 19.9 Å². The molecule has 0 bridgehead atoms. The molecule has 0 aromatic heterocycles. The van der Waals surface area contributed by atoms with E-state index in [-0.39, 0.29) is 6.61 Å². The van der Waals surface area contributed by atoms with Crippen molar-refractivity contribution in [1.82, 2.24) is 0 Å². The minimum atomic E-state index is -1.69. The fourth-order valence-corrected chi connectivity index (χ4v) is 0.712. The Morgan fingerprint density at radius 2 is 1.78 bits per heavy atom. The Balaban J connectivity index is 4.14. The fourth-order valence-electron chi connectivity index (χ4n) is 0.237. The highest BCUT2D eigenvalue weighted by atomic mass is 28.3. The molecule has 0 heterocycles. The van der Waals surface area contributed by atoms with Crippen LogP contribution in [-0.2, 0) is 0 Å². The average molecular weight is 147 g/mol. The van der Waals surface area contributed by atoms with Crippen LogP contribution in [0.15, 0.2) is 0 Å². The number of aliphatic hydroxyl groups excluding tert-OH is 1. The van der Waals surface area contributed by atoms with Crippen molar-refractivity contribution >= 4 is 8.07 Å². The van der Waals surface area contributed by atoms with Gasteiger partial charge >= 0.3 is 0 Å². The van der Waals surface area contributed by atoms with Gasteiger partial charge < -0.3 is 10.2 Å². The van der Waals surface area contributed by atoms with Crippen LogP contribution in [0, 0.1) is 6.92 Å². The van der Waals surface area contributed by atoms with Crippen molar-refractivity contribution in [2.24, 2.45) is 0 Å². The second kappa shape index (κ2) is 2.40. The maximum atomic E-state index is 9.36. The lowest BCUT2D eigenvalue weighted by Crippen LogP contribution is -2.52. The van der Waals surface area contributed by atoms with Crippen LogP contribution in [-0.4, -0.2) is 30.1 Å². The molecule has 1 radical (unpaired) electrons. The van der Waals surface area contributed by atoms with Crippen molar-refractivity contribution in [3.63, 3.8) is 0 Å². The molecule has 0 saturated carbocycles. The molecule has 0 aliphatic rings. The molecular formula is C6H15O2Si. The van der Waals surface area contributed by atoms with E-state index < -0.39 is 13.3 Å². The van der Waals surface area contributed by atoms with Gasteiger partial charge in [-0.05, 0) is 6.92 Å². The topological polar surface area (TPSA) is 40.5 Å². The van der Waals surface area contributed by atoms with Crippen LogP contribution in [0.1, 0.15) is 0 Å². The molecule has 2 nitrogen and oxygen atoms in total. The Bertz CT molecular complexity index is 93.7. The monoisotopic (exact) mass is 147 g/mol. The molecule has 0 rings (SSSR count). The molecular weight excluding hydrogens is 132 g/mol. The summed E-state index contributed by atoms with van der Waals surface area (Å²) in [6.45, 7) is 9.20. The second-order valence-electron chi connectivity index (χ2n) is 3.44. The quantitative estimate of drug-likeness (QED) is 0.556. The van der Waals surface area contributed by atoms with E-state index >= 15 is 0 Å². The van der Waals surface area contributed by atoms with E-state index in [2.05, 4.69) is 6.92 Å². The molecule has 1 atom stereocenters. The summed E-state index contributed by atoms with van der Waals surface area (Å²) in [5.74, 6) is 0. The van der Waals surface area contributed by atoms with E-state index in [4.69, 9.17) is 5.11 Å². The molecule has 0 spiro atoms. The Labute approximate surface area is 57.5 Å². The normalized spacial score (nSPS) is 19.3. The summed E-state index contributed by atoms with van der Waals surface area (Å²) >= 11 is 0. The molecule has 0 aromatic rings. The number of rotatable bonds is 2. The molecule has 0 aromatic carbocycles. The molecule has 55 valence electrons. The highest BCUT2D eigenvalue weighted by Crippen LogP contribution is 2.18. The minimum absolute atomic E-state index is 0.233. The molecule has 0 aliphatic heterocycles. The van der Waals surface area contributed by atoms with Crippen LogP contribution in [0.5, 0.6) is 0 Å². The number of aliphatic hydroxyl groups is 2. The number of hydrogen-bond donors (Lipinski definition) is 2. The van der Waals surface area contributed by atoms with Crippen molar-refractivity contribution < 1.29 is 10.2 Å². The lowest BCUT2D eigenvalue weighted by atomic mass is 10.4. The molecule has 3 heteroatoms. The summed E-state index contributed by atoms with van der Waals surface area (Å²) in [6, 6.07) is 0. The lowest BCUT2D eigenvalue weighted by Gasteiger charge is -2.33. The van der Waals surface area contributed by atoms with Gasteiger partial charge in [0.2, 0.25) is 0 Å². The zero-order valence-corrected chi connectivity index (χ0v) is 7.31. The van der Waals surface area contributed by atoms with Crippen molar-refractivity contribution in [3.05, 3.63) is 6.92 Å². The molecule has 0 saturated heterocycles. The minimum Gasteiger partial charge on any atom is -0.394 e. The molecule has 0 aliphatic carbocycles. The Hall–Kier alpha value is 0.137. The van der Waals surface area contributed by atoms with Gasteiger partial charge in [0, 0.05) is 0 Å². The average Bonchev–Trinajstić information content (AvgIpc) is 1.64. The zero-order chi connectivity index (χ0) is 7.71. The Morgan fingerprint density at radius 1 is 1.44 bits per heavy atom. The standard InChI is InChI=1S/C6H15O2Si/c1-6(8,5-7)9(2,3)4/h7-8H,1,5H2,2-4H3. The fraction of sp³-hybridized carbons (Fsp3) is 0.833. The lowest BCUT2D eigenvalue weighted by molar-refractivity contribution is 0.0842. The molecule has 0 amide bonds. The van der Waals surface area contributed by atoms with E-state index in [0.29, 0.717) is 0 Å². The first-order valence-electron chi connectivity index (χ1n) is 3.00. The van der Waals surface area contributed by atoms with Gasteiger partial charge in [0.25, 0.3) is 0 Å². The first-order chi connectivity index (χ1) is 3.81. The number of hydrogen-bond acceptors (Lipinski definition) is 2. The molecule has 0 fully saturated rings. The van der Waals surface area contributed by atoms with Gasteiger partial charge in [-0.15, -0.1) is 0 Å². The van der Waals surface area contributed by atoms with Gasteiger partial charge in [-0.1, -0.05) is 19.6 Å². The maximum absolute atomic E-state index is 9.36. The first kappa shape index (κ1) is 9.14. The summed E-state index contributed by atoms with van der Waals surface area (Å²) in [7, 11) is -1.69. The Kier molecular flexibility index (Phi) is 2.44. The van der Waals surface area contributed by atoms with E-state index in [1.165, 1.54) is 0 Å². The van der Waals surface area contributed by atoms with E-state index in [0.717, 1.165) is 0 Å². The zero-order valence-electron chi connectivity index (χ0n) is 6.31. The maximum Gasteiger partial charge on any atom is 0.0850 e. The first-order valence-corrected chi connectivity index (χ1v) is 6.50. The largest absolute Gasteiger partial charge is 0.394 e. The molecule has 2 N–H and O–H groups in total. The van der Waals surface area contributed by atoms with E-state index in [1.54, 1.807) is 0 Å². The van der Waals surface area contributed by atoms with Gasteiger partial charge in [0.15, 0.2) is 0 Å². The van der Waals surface area contributed by atoms with Gasteiger partial charge in [-0.2, -0.15) is 0 Å².